The molecule has 2 aliphatic heterocycles. The lowest BCUT2D eigenvalue weighted by Crippen LogP contribution is -2.50. The van der Waals surface area contributed by atoms with E-state index in [0.29, 0.717) is 30.1 Å². The first-order valence-electron chi connectivity index (χ1n) is 10.1. The number of hydrogen-bond donors (Lipinski definition) is 0. The second-order valence-electron chi connectivity index (χ2n) is 7.31. The third kappa shape index (κ3) is 4.39. The first-order valence-corrected chi connectivity index (χ1v) is 10.1. The molecule has 0 fully saturated rings. The number of nitro benzene ring substituents is 1. The molecule has 30 heavy (non-hydrogen) atoms. The minimum Gasteiger partial charge on any atom is -0.496 e. The monoisotopic (exact) mass is 418 g/mol. The molecule has 162 valence electrons. The summed E-state index contributed by atoms with van der Waals surface area (Å²) in [4.78, 5) is 37.1. The average molecular weight is 418 g/mol. The van der Waals surface area contributed by atoms with Gasteiger partial charge in [-0.2, -0.15) is 0 Å². The Balaban J connectivity index is 2.07. The summed E-state index contributed by atoms with van der Waals surface area (Å²) in [5.41, 5.74) is 0.322. The Morgan fingerprint density at radius 1 is 1.37 bits per heavy atom. The van der Waals surface area contributed by atoms with Gasteiger partial charge in [-0.1, -0.05) is 13.3 Å². The van der Waals surface area contributed by atoms with Gasteiger partial charge in [0.05, 0.1) is 18.1 Å². The summed E-state index contributed by atoms with van der Waals surface area (Å²) in [6.45, 7) is 5.77. The van der Waals surface area contributed by atoms with Crippen LogP contribution in [0.5, 0.6) is 5.75 Å². The third-order valence-electron chi connectivity index (χ3n) is 5.18. The highest BCUT2D eigenvalue weighted by molar-refractivity contribution is 5.91. The number of amides is 1. The van der Waals surface area contributed by atoms with Gasteiger partial charge in [-0.15, -0.1) is 0 Å². The van der Waals surface area contributed by atoms with Crippen molar-refractivity contribution in [1.82, 2.24) is 4.90 Å². The molecule has 1 unspecified atom stereocenters. The van der Waals surface area contributed by atoms with Gasteiger partial charge in [-0.3, -0.25) is 19.7 Å². The first-order chi connectivity index (χ1) is 14.3. The molecule has 0 radical (unpaired) electrons. The molecule has 0 spiro atoms. The standard InChI is InChI=1S/C21H26N2O7/c1-4-6-7-18-21(29-13(3)24)20(22-12-15(28-5-2)11-19(22)25)16-10-14(23(26)27)8-9-17(16)30-18/h8-11,18,20-21H,4-7,12H2,1-3H3/t18-,20?,21-/m0/s1. The number of fused-ring (bicyclic) bond motifs is 1. The number of unbranched alkanes of at least 4 members (excludes halogenated alkanes) is 1. The summed E-state index contributed by atoms with van der Waals surface area (Å²) in [6, 6.07) is 3.58. The van der Waals surface area contributed by atoms with E-state index < -0.39 is 29.1 Å². The average Bonchev–Trinajstić information content (AvgIpc) is 3.05. The predicted octanol–water partition coefficient (Wildman–Crippen LogP) is 3.28. The van der Waals surface area contributed by atoms with E-state index in [1.807, 2.05) is 13.8 Å². The van der Waals surface area contributed by atoms with Gasteiger partial charge < -0.3 is 19.1 Å². The molecule has 9 heteroatoms. The molecule has 0 bridgehead atoms. The fourth-order valence-electron chi connectivity index (χ4n) is 3.92. The molecule has 2 aliphatic rings. The van der Waals surface area contributed by atoms with Crippen LogP contribution in [0.25, 0.3) is 0 Å². The second kappa shape index (κ2) is 9.15. The van der Waals surface area contributed by atoms with Gasteiger partial charge in [0.1, 0.15) is 23.7 Å². The molecule has 0 saturated carbocycles. The Morgan fingerprint density at radius 2 is 2.13 bits per heavy atom. The minimum absolute atomic E-state index is 0.124. The van der Waals surface area contributed by atoms with E-state index in [2.05, 4.69) is 0 Å². The van der Waals surface area contributed by atoms with E-state index in [1.54, 1.807) is 6.07 Å². The van der Waals surface area contributed by atoms with Gasteiger partial charge >= 0.3 is 5.97 Å². The molecule has 2 heterocycles. The smallest absolute Gasteiger partial charge is 0.303 e. The van der Waals surface area contributed by atoms with Crippen LogP contribution in [0, 0.1) is 10.1 Å². The quantitative estimate of drug-likeness (QED) is 0.362. The predicted molar refractivity (Wildman–Crippen MR) is 107 cm³/mol. The zero-order valence-corrected chi connectivity index (χ0v) is 17.3. The van der Waals surface area contributed by atoms with E-state index in [1.165, 1.54) is 30.0 Å². The van der Waals surface area contributed by atoms with Crippen molar-refractivity contribution in [2.45, 2.75) is 58.3 Å². The molecular formula is C21H26N2O7. The lowest BCUT2D eigenvalue weighted by molar-refractivity contribution is -0.385. The van der Waals surface area contributed by atoms with E-state index in [4.69, 9.17) is 14.2 Å². The zero-order valence-electron chi connectivity index (χ0n) is 17.3. The van der Waals surface area contributed by atoms with Crippen molar-refractivity contribution in [3.05, 3.63) is 45.7 Å². The molecule has 1 aromatic carbocycles. The number of carbonyl (C=O) groups is 2. The Labute approximate surface area is 174 Å². The number of hydrogen-bond acceptors (Lipinski definition) is 7. The number of ether oxygens (including phenoxy) is 3. The maximum Gasteiger partial charge on any atom is 0.303 e. The molecule has 1 aromatic rings. The van der Waals surface area contributed by atoms with E-state index in [0.717, 1.165) is 12.8 Å². The number of carbonyl (C=O) groups excluding carboxylic acids is 2. The van der Waals surface area contributed by atoms with Crippen LogP contribution in [-0.2, 0) is 19.1 Å². The normalized spacial score (nSPS) is 22.8. The summed E-state index contributed by atoms with van der Waals surface area (Å²) in [5, 5.41) is 11.3. The number of nitrogens with zero attached hydrogens (tertiary/aromatic N) is 2. The fraction of sp³-hybridized carbons (Fsp3) is 0.524. The Morgan fingerprint density at radius 3 is 2.77 bits per heavy atom. The van der Waals surface area contributed by atoms with Crippen LogP contribution in [-0.4, -0.2) is 47.1 Å². The summed E-state index contributed by atoms with van der Waals surface area (Å²) in [5.74, 6) is 0.156. The zero-order chi connectivity index (χ0) is 21.8. The van der Waals surface area contributed by atoms with Gasteiger partial charge in [0.25, 0.3) is 11.6 Å². The molecule has 9 nitrogen and oxygen atoms in total. The van der Waals surface area contributed by atoms with Gasteiger partial charge in [-0.25, -0.2) is 0 Å². The third-order valence-corrected chi connectivity index (χ3v) is 5.18. The summed E-state index contributed by atoms with van der Waals surface area (Å²) >= 11 is 0. The van der Waals surface area contributed by atoms with Crippen molar-refractivity contribution in [3.63, 3.8) is 0 Å². The topological polar surface area (TPSA) is 108 Å². The van der Waals surface area contributed by atoms with Gasteiger partial charge in [0.15, 0.2) is 6.10 Å². The van der Waals surface area contributed by atoms with Crippen LogP contribution in [0.2, 0.25) is 0 Å². The Hall–Kier alpha value is -3.10. The van der Waals surface area contributed by atoms with Crippen LogP contribution < -0.4 is 4.74 Å². The van der Waals surface area contributed by atoms with Gasteiger partial charge in [0, 0.05) is 30.7 Å². The van der Waals surface area contributed by atoms with E-state index in [-0.39, 0.29) is 18.1 Å². The van der Waals surface area contributed by atoms with Crippen LogP contribution >= 0.6 is 0 Å². The van der Waals surface area contributed by atoms with Gasteiger partial charge in [-0.05, 0) is 25.8 Å². The second-order valence-corrected chi connectivity index (χ2v) is 7.31. The molecule has 0 aliphatic carbocycles. The lowest BCUT2D eigenvalue weighted by atomic mass is 9.89. The summed E-state index contributed by atoms with van der Waals surface area (Å²) < 4.78 is 17.2. The molecule has 1 amide bonds. The lowest BCUT2D eigenvalue weighted by Gasteiger charge is -2.42. The number of benzene rings is 1. The summed E-state index contributed by atoms with van der Waals surface area (Å²) in [6.07, 6.45) is 2.52. The molecular weight excluding hydrogens is 392 g/mol. The van der Waals surface area contributed by atoms with Crippen molar-refractivity contribution in [2.24, 2.45) is 0 Å². The van der Waals surface area contributed by atoms with Crippen LogP contribution in [0.3, 0.4) is 0 Å². The number of non-ortho nitro benzene ring substituents is 1. The van der Waals surface area contributed by atoms with Crippen LogP contribution in [0.1, 0.15) is 51.6 Å². The number of nitro groups is 1. The maximum absolute atomic E-state index is 12.8. The van der Waals surface area contributed by atoms with Crippen molar-refractivity contribution in [3.8, 4) is 5.75 Å². The van der Waals surface area contributed by atoms with Crippen molar-refractivity contribution < 1.29 is 28.7 Å². The van der Waals surface area contributed by atoms with Crippen molar-refractivity contribution in [2.75, 3.05) is 13.2 Å². The van der Waals surface area contributed by atoms with E-state index >= 15 is 0 Å². The number of esters is 1. The maximum atomic E-state index is 12.8. The Kier molecular flexibility index (Phi) is 6.59. The highest BCUT2D eigenvalue weighted by atomic mass is 16.6. The fourth-order valence-corrected chi connectivity index (χ4v) is 3.92. The molecule has 3 rings (SSSR count). The molecule has 0 saturated heterocycles. The largest absolute Gasteiger partial charge is 0.496 e. The molecule has 0 N–H and O–H groups in total. The Bertz CT molecular complexity index is 867. The van der Waals surface area contributed by atoms with Gasteiger partial charge in [0.2, 0.25) is 0 Å². The summed E-state index contributed by atoms with van der Waals surface area (Å²) in [7, 11) is 0. The van der Waals surface area contributed by atoms with Crippen molar-refractivity contribution in [1.29, 1.82) is 0 Å². The van der Waals surface area contributed by atoms with Crippen LogP contribution in [0.4, 0.5) is 5.69 Å². The molecule has 3 atom stereocenters. The SMILES string of the molecule is CCCC[C@@H]1Oc2ccc([N+](=O)[O-])cc2C(N2CC(OCC)=CC2=O)[C@H]1OC(C)=O. The van der Waals surface area contributed by atoms with Crippen molar-refractivity contribution >= 4 is 17.6 Å². The first kappa shape index (κ1) is 21.6. The highest BCUT2D eigenvalue weighted by Crippen LogP contribution is 2.44. The number of rotatable bonds is 8. The highest BCUT2D eigenvalue weighted by Gasteiger charge is 2.46. The van der Waals surface area contributed by atoms with Crippen LogP contribution in [0.15, 0.2) is 30.0 Å². The van der Waals surface area contributed by atoms with E-state index in [9.17, 15) is 19.7 Å². The molecule has 0 aromatic heterocycles. The minimum atomic E-state index is -0.790.